The standard InChI is InChI=1S/C13H13ClN4O4S2/c1-7-6-10(22-2)16-12(15-7)17-13(19)18-24(20,21)9-5-3-4-8(14)11(9)23/h3-6,8H,1-2H3,(H2,15,16,17,18,19). The molecule has 0 aliphatic heterocycles. The van der Waals surface area contributed by atoms with Crippen molar-refractivity contribution in [2.24, 2.45) is 0 Å². The lowest BCUT2D eigenvalue weighted by atomic mass is 10.2. The molecule has 0 saturated carbocycles. The van der Waals surface area contributed by atoms with Gasteiger partial charge in [0.1, 0.15) is 4.91 Å². The summed E-state index contributed by atoms with van der Waals surface area (Å²) < 4.78 is 31.3. The topological polar surface area (TPSA) is 110 Å². The maximum absolute atomic E-state index is 12.2. The Labute approximate surface area is 149 Å². The number of nitrogens with one attached hydrogen (secondary N) is 2. The number of aryl methyl sites for hydroxylation is 1. The molecule has 1 unspecified atom stereocenters. The molecule has 1 aromatic rings. The number of methoxy groups -OCH3 is 1. The Morgan fingerprint density at radius 3 is 2.79 bits per heavy atom. The lowest BCUT2D eigenvalue weighted by Gasteiger charge is -2.15. The molecular weight excluding hydrogens is 376 g/mol. The highest BCUT2D eigenvalue weighted by Gasteiger charge is 2.28. The van der Waals surface area contributed by atoms with Crippen LogP contribution < -0.4 is 14.8 Å². The summed E-state index contributed by atoms with van der Waals surface area (Å²) in [6.07, 6.45) is 4.26. The van der Waals surface area contributed by atoms with Gasteiger partial charge in [0.2, 0.25) is 11.8 Å². The molecule has 2 N–H and O–H groups in total. The number of hydrogen-bond donors (Lipinski definition) is 2. The van der Waals surface area contributed by atoms with E-state index in [1.165, 1.54) is 25.3 Å². The van der Waals surface area contributed by atoms with Crippen molar-refractivity contribution in [1.29, 1.82) is 0 Å². The molecule has 1 aliphatic carbocycles. The fourth-order valence-electron chi connectivity index (χ4n) is 1.77. The molecule has 1 aliphatic rings. The third-order valence-corrected chi connectivity index (χ3v) is 5.29. The predicted octanol–water partition coefficient (Wildman–Crippen LogP) is 1.68. The van der Waals surface area contributed by atoms with E-state index >= 15 is 0 Å². The van der Waals surface area contributed by atoms with Crippen LogP contribution in [0.3, 0.4) is 0 Å². The fraction of sp³-hybridized carbons (Fsp3) is 0.231. The van der Waals surface area contributed by atoms with Crippen LogP contribution in [-0.2, 0) is 10.0 Å². The number of allylic oxidation sites excluding steroid dienone is 4. The highest BCUT2D eigenvalue weighted by Crippen LogP contribution is 2.20. The normalized spacial score (nSPS) is 17.2. The van der Waals surface area contributed by atoms with E-state index in [-0.39, 0.29) is 21.6 Å². The molecule has 0 radical (unpaired) electrons. The summed E-state index contributed by atoms with van der Waals surface area (Å²) in [5, 5.41) is 1.49. The first kappa shape index (κ1) is 18.3. The minimum atomic E-state index is -4.18. The van der Waals surface area contributed by atoms with Gasteiger partial charge in [-0.25, -0.2) is 22.9 Å². The second kappa shape index (κ2) is 7.24. The van der Waals surface area contributed by atoms with Crippen molar-refractivity contribution >= 4 is 50.7 Å². The summed E-state index contributed by atoms with van der Waals surface area (Å²) >= 11 is 10.9. The summed E-state index contributed by atoms with van der Waals surface area (Å²) in [6, 6.07) is 0.518. The number of anilines is 1. The van der Waals surface area contributed by atoms with E-state index in [2.05, 4.69) is 15.3 Å². The number of urea groups is 1. The molecule has 24 heavy (non-hydrogen) atoms. The van der Waals surface area contributed by atoms with Crippen LogP contribution in [0.1, 0.15) is 5.69 Å². The van der Waals surface area contributed by atoms with Gasteiger partial charge >= 0.3 is 6.03 Å². The first-order chi connectivity index (χ1) is 11.2. The highest BCUT2D eigenvalue weighted by atomic mass is 35.5. The van der Waals surface area contributed by atoms with Crippen molar-refractivity contribution in [3.63, 3.8) is 0 Å². The molecule has 0 saturated heterocycles. The van der Waals surface area contributed by atoms with Crippen molar-refractivity contribution < 1.29 is 17.9 Å². The maximum atomic E-state index is 12.2. The van der Waals surface area contributed by atoms with E-state index in [9.17, 15) is 13.2 Å². The van der Waals surface area contributed by atoms with Gasteiger partial charge in [-0.15, -0.1) is 11.6 Å². The monoisotopic (exact) mass is 388 g/mol. The number of aromatic nitrogens is 2. The number of nitrogens with zero attached hydrogens (tertiary/aromatic N) is 2. The van der Waals surface area contributed by atoms with Gasteiger partial charge in [0.15, 0.2) is 0 Å². The average Bonchev–Trinajstić information content (AvgIpc) is 2.48. The Hall–Kier alpha value is -2.04. The third-order valence-electron chi connectivity index (χ3n) is 2.80. The molecule has 11 heteroatoms. The molecule has 1 heterocycles. The number of halogens is 1. The van der Waals surface area contributed by atoms with E-state index in [1.807, 2.05) is 4.72 Å². The van der Waals surface area contributed by atoms with Crippen molar-refractivity contribution in [3.05, 3.63) is 34.9 Å². The third kappa shape index (κ3) is 4.28. The quantitative estimate of drug-likeness (QED) is 0.596. The average molecular weight is 389 g/mol. The second-order valence-electron chi connectivity index (χ2n) is 4.62. The molecular formula is C13H13ClN4O4S2. The Balaban J connectivity index is 2.15. The van der Waals surface area contributed by atoms with Crippen LogP contribution in [0.2, 0.25) is 0 Å². The van der Waals surface area contributed by atoms with Crippen molar-refractivity contribution in [2.45, 2.75) is 12.3 Å². The van der Waals surface area contributed by atoms with E-state index in [0.29, 0.717) is 5.69 Å². The van der Waals surface area contributed by atoms with Crippen molar-refractivity contribution in [2.75, 3.05) is 12.4 Å². The summed E-state index contributed by atoms with van der Waals surface area (Å²) in [7, 11) is -2.77. The number of ether oxygens (including phenoxy) is 1. The molecule has 0 aromatic carbocycles. The van der Waals surface area contributed by atoms with Crippen LogP contribution in [0.25, 0.3) is 0 Å². The summed E-state index contributed by atoms with van der Waals surface area (Å²) in [6.45, 7) is 1.67. The van der Waals surface area contributed by atoms with Gasteiger partial charge < -0.3 is 4.74 Å². The molecule has 0 fully saturated rings. The molecule has 1 aromatic heterocycles. The Kier molecular flexibility index (Phi) is 5.52. The van der Waals surface area contributed by atoms with Crippen molar-refractivity contribution in [1.82, 2.24) is 14.7 Å². The number of rotatable bonds is 4. The SMILES string of the molecule is COc1cc(C)nc(NC(=O)NS(=O)(=O)C2=CC=CC(Cl)C2=S)n1. The van der Waals surface area contributed by atoms with E-state index in [0.717, 1.165) is 0 Å². The summed E-state index contributed by atoms with van der Waals surface area (Å²) in [5.74, 6) is 0.127. The minimum absolute atomic E-state index is 0.00735. The van der Waals surface area contributed by atoms with Gasteiger partial charge in [-0.1, -0.05) is 24.4 Å². The number of hydrogen-bond acceptors (Lipinski definition) is 7. The number of alkyl halides is 1. The molecule has 0 spiro atoms. The number of carbonyl (C=O) groups is 1. The molecule has 2 rings (SSSR count). The number of sulfonamides is 1. The first-order valence-electron chi connectivity index (χ1n) is 6.53. The predicted molar refractivity (Wildman–Crippen MR) is 93.9 cm³/mol. The van der Waals surface area contributed by atoms with Gasteiger partial charge in [0.25, 0.3) is 10.0 Å². The zero-order chi connectivity index (χ0) is 17.9. The van der Waals surface area contributed by atoms with Gasteiger partial charge in [-0.3, -0.25) is 5.32 Å². The van der Waals surface area contributed by atoms with E-state index in [1.54, 1.807) is 13.0 Å². The van der Waals surface area contributed by atoms with Crippen molar-refractivity contribution in [3.8, 4) is 5.88 Å². The fourth-order valence-corrected chi connectivity index (χ4v) is 3.57. The smallest absolute Gasteiger partial charge is 0.335 e. The summed E-state index contributed by atoms with van der Waals surface area (Å²) in [4.78, 5) is 19.5. The summed E-state index contributed by atoms with van der Waals surface area (Å²) in [5.41, 5.74) is 0.534. The van der Waals surface area contributed by atoms with E-state index < -0.39 is 21.4 Å². The zero-order valence-corrected chi connectivity index (χ0v) is 15.0. The number of carbonyl (C=O) groups excluding carboxylic acids is 1. The number of amides is 2. The second-order valence-corrected chi connectivity index (χ2v) is 7.18. The Morgan fingerprint density at radius 1 is 1.42 bits per heavy atom. The van der Waals surface area contributed by atoms with Gasteiger partial charge in [-0.05, 0) is 13.0 Å². The molecule has 128 valence electrons. The van der Waals surface area contributed by atoms with Crippen LogP contribution in [0.15, 0.2) is 29.2 Å². The van der Waals surface area contributed by atoms with Crippen LogP contribution >= 0.6 is 23.8 Å². The van der Waals surface area contributed by atoms with E-state index in [4.69, 9.17) is 28.6 Å². The molecule has 1 atom stereocenters. The molecule has 8 nitrogen and oxygen atoms in total. The van der Waals surface area contributed by atoms with Crippen LogP contribution in [0, 0.1) is 6.92 Å². The number of thiocarbonyl (C=S) groups is 1. The molecule has 2 amide bonds. The van der Waals surface area contributed by atoms with Crippen LogP contribution in [-0.4, -0.2) is 41.8 Å². The van der Waals surface area contributed by atoms with Crippen LogP contribution in [0.4, 0.5) is 10.7 Å². The molecule has 0 bridgehead atoms. The van der Waals surface area contributed by atoms with Gasteiger partial charge in [0, 0.05) is 11.8 Å². The first-order valence-corrected chi connectivity index (χ1v) is 8.86. The largest absolute Gasteiger partial charge is 0.481 e. The van der Waals surface area contributed by atoms with Crippen LogP contribution in [0.5, 0.6) is 5.88 Å². The Bertz CT molecular complexity index is 852. The lowest BCUT2D eigenvalue weighted by molar-refractivity contribution is 0.256. The maximum Gasteiger partial charge on any atom is 0.335 e. The minimum Gasteiger partial charge on any atom is -0.481 e. The lowest BCUT2D eigenvalue weighted by Crippen LogP contribution is -2.38. The van der Waals surface area contributed by atoms with Gasteiger partial charge in [-0.2, -0.15) is 4.98 Å². The Morgan fingerprint density at radius 2 is 2.12 bits per heavy atom. The highest BCUT2D eigenvalue weighted by molar-refractivity contribution is 7.97. The van der Waals surface area contributed by atoms with Gasteiger partial charge in [0.05, 0.1) is 17.4 Å². The zero-order valence-electron chi connectivity index (χ0n) is 12.6.